The molecule has 1 aliphatic rings. The fourth-order valence-electron chi connectivity index (χ4n) is 2.09. The minimum atomic E-state index is -0.636. The van der Waals surface area contributed by atoms with Crippen molar-refractivity contribution >= 4 is 11.6 Å². The highest BCUT2D eigenvalue weighted by Crippen LogP contribution is 2.18. The van der Waals surface area contributed by atoms with Crippen molar-refractivity contribution in [2.45, 2.75) is 19.3 Å². The summed E-state index contributed by atoms with van der Waals surface area (Å²) in [5, 5.41) is 2.64. The van der Waals surface area contributed by atoms with Crippen molar-refractivity contribution in [1.29, 1.82) is 0 Å². The lowest BCUT2D eigenvalue weighted by atomic mass is 10.2. The third-order valence-corrected chi connectivity index (χ3v) is 3.06. The number of carbonyl (C=O) groups excluding carboxylic acids is 1. The van der Waals surface area contributed by atoms with Gasteiger partial charge in [0.15, 0.2) is 0 Å². The van der Waals surface area contributed by atoms with Gasteiger partial charge < -0.3 is 10.2 Å². The van der Waals surface area contributed by atoms with Crippen molar-refractivity contribution in [2.24, 2.45) is 0 Å². The summed E-state index contributed by atoms with van der Waals surface area (Å²) in [6, 6.07) is 3.69. The first-order valence-electron chi connectivity index (χ1n) is 6.14. The van der Waals surface area contributed by atoms with Crippen LogP contribution in [-0.4, -0.2) is 30.4 Å². The average Bonchev–Trinajstić information content (AvgIpc) is 2.86. The molecule has 1 aliphatic heterocycles. The number of rotatable bonds is 4. The third kappa shape index (κ3) is 2.97. The van der Waals surface area contributed by atoms with Crippen LogP contribution in [0.15, 0.2) is 18.2 Å². The van der Waals surface area contributed by atoms with E-state index in [0.29, 0.717) is 0 Å². The number of benzene rings is 1. The molecule has 0 atom stereocenters. The standard InChI is InChI=1S/C13H16F2N2O/c14-10-4-3-5-11(15)13(10)16-7-6-12(18)17-8-1-2-9-17/h3-5,16H,1-2,6-9H2. The highest BCUT2D eigenvalue weighted by Gasteiger charge is 2.17. The van der Waals surface area contributed by atoms with Crippen LogP contribution in [0.25, 0.3) is 0 Å². The molecule has 1 fully saturated rings. The first kappa shape index (κ1) is 12.8. The molecule has 1 amide bonds. The first-order chi connectivity index (χ1) is 8.68. The second-order valence-electron chi connectivity index (χ2n) is 4.36. The molecule has 3 nitrogen and oxygen atoms in total. The minimum absolute atomic E-state index is 0.0387. The van der Waals surface area contributed by atoms with Gasteiger partial charge in [0.05, 0.1) is 0 Å². The van der Waals surface area contributed by atoms with E-state index in [1.165, 1.54) is 18.2 Å². The maximum absolute atomic E-state index is 13.3. The highest BCUT2D eigenvalue weighted by molar-refractivity contribution is 5.77. The zero-order valence-corrected chi connectivity index (χ0v) is 10.1. The van der Waals surface area contributed by atoms with E-state index in [0.717, 1.165) is 25.9 Å². The Bertz CT molecular complexity index is 411. The van der Waals surface area contributed by atoms with Crippen LogP contribution in [0.1, 0.15) is 19.3 Å². The van der Waals surface area contributed by atoms with Crippen molar-refractivity contribution in [3.8, 4) is 0 Å². The third-order valence-electron chi connectivity index (χ3n) is 3.06. The van der Waals surface area contributed by atoms with Gasteiger partial charge in [0, 0.05) is 26.1 Å². The first-order valence-corrected chi connectivity index (χ1v) is 6.14. The normalized spacial score (nSPS) is 14.9. The Morgan fingerprint density at radius 1 is 1.22 bits per heavy atom. The molecule has 1 N–H and O–H groups in total. The number of carbonyl (C=O) groups is 1. The number of amides is 1. The Kier molecular flexibility index (Phi) is 4.12. The molecule has 0 saturated carbocycles. The fourth-order valence-corrected chi connectivity index (χ4v) is 2.09. The van der Waals surface area contributed by atoms with Gasteiger partial charge in [-0.15, -0.1) is 0 Å². The summed E-state index contributed by atoms with van der Waals surface area (Å²) in [6.07, 6.45) is 2.34. The van der Waals surface area contributed by atoms with E-state index in [9.17, 15) is 13.6 Å². The number of hydrogen-bond acceptors (Lipinski definition) is 2. The van der Waals surface area contributed by atoms with E-state index in [4.69, 9.17) is 0 Å². The van der Waals surface area contributed by atoms with Gasteiger partial charge in [-0.2, -0.15) is 0 Å². The molecule has 1 heterocycles. The van der Waals surface area contributed by atoms with Crippen LogP contribution in [0.2, 0.25) is 0 Å². The van der Waals surface area contributed by atoms with Crippen molar-refractivity contribution in [3.05, 3.63) is 29.8 Å². The molecule has 1 saturated heterocycles. The predicted molar refractivity (Wildman–Crippen MR) is 65.3 cm³/mol. The summed E-state index contributed by atoms with van der Waals surface area (Å²) in [5.41, 5.74) is -0.160. The molecule has 0 aliphatic carbocycles. The average molecular weight is 254 g/mol. The van der Waals surface area contributed by atoms with Gasteiger partial charge >= 0.3 is 0 Å². The van der Waals surface area contributed by atoms with Crippen LogP contribution < -0.4 is 5.32 Å². The second kappa shape index (κ2) is 5.80. The summed E-state index contributed by atoms with van der Waals surface area (Å²) < 4.78 is 26.6. The van der Waals surface area contributed by atoms with E-state index in [1.54, 1.807) is 4.90 Å². The van der Waals surface area contributed by atoms with E-state index < -0.39 is 11.6 Å². The number of anilines is 1. The molecule has 0 radical (unpaired) electrons. The lowest BCUT2D eigenvalue weighted by molar-refractivity contribution is -0.129. The number of para-hydroxylation sites is 1. The molecule has 1 aromatic carbocycles. The topological polar surface area (TPSA) is 32.3 Å². The maximum Gasteiger partial charge on any atom is 0.224 e. The van der Waals surface area contributed by atoms with Crippen LogP contribution in [0.3, 0.4) is 0 Å². The quantitative estimate of drug-likeness (QED) is 0.894. The Hall–Kier alpha value is -1.65. The van der Waals surface area contributed by atoms with E-state index >= 15 is 0 Å². The van der Waals surface area contributed by atoms with Gasteiger partial charge in [0.1, 0.15) is 17.3 Å². The smallest absolute Gasteiger partial charge is 0.224 e. The van der Waals surface area contributed by atoms with Gasteiger partial charge in [0.25, 0.3) is 0 Å². The van der Waals surface area contributed by atoms with Crippen LogP contribution in [0, 0.1) is 11.6 Å². The Balaban J connectivity index is 1.83. The van der Waals surface area contributed by atoms with E-state index in [1.807, 2.05) is 0 Å². The molecule has 1 aromatic rings. The van der Waals surface area contributed by atoms with E-state index in [2.05, 4.69) is 5.32 Å². The summed E-state index contributed by atoms with van der Waals surface area (Å²) in [7, 11) is 0. The maximum atomic E-state index is 13.3. The van der Waals surface area contributed by atoms with Crippen LogP contribution >= 0.6 is 0 Å². The van der Waals surface area contributed by atoms with Crippen molar-refractivity contribution in [2.75, 3.05) is 25.0 Å². The Morgan fingerprint density at radius 2 is 1.83 bits per heavy atom. The molecule has 2 rings (SSSR count). The molecule has 0 bridgehead atoms. The van der Waals surface area contributed by atoms with Crippen molar-refractivity contribution in [1.82, 2.24) is 4.90 Å². The van der Waals surface area contributed by atoms with Crippen molar-refractivity contribution < 1.29 is 13.6 Å². The molecular formula is C13H16F2N2O. The number of halogens is 2. The molecule has 0 unspecified atom stereocenters. The molecular weight excluding hydrogens is 238 g/mol. The number of hydrogen-bond donors (Lipinski definition) is 1. The van der Waals surface area contributed by atoms with Gasteiger partial charge in [-0.3, -0.25) is 4.79 Å². The van der Waals surface area contributed by atoms with Crippen LogP contribution in [0.5, 0.6) is 0 Å². The number of nitrogens with zero attached hydrogens (tertiary/aromatic N) is 1. The lowest BCUT2D eigenvalue weighted by Crippen LogP contribution is -2.29. The molecule has 0 spiro atoms. The second-order valence-corrected chi connectivity index (χ2v) is 4.36. The molecule has 0 aromatic heterocycles. The Morgan fingerprint density at radius 3 is 2.44 bits per heavy atom. The molecule has 5 heteroatoms. The lowest BCUT2D eigenvalue weighted by Gasteiger charge is -2.15. The monoisotopic (exact) mass is 254 g/mol. The number of likely N-dealkylation sites (tertiary alicyclic amines) is 1. The minimum Gasteiger partial charge on any atom is -0.380 e. The van der Waals surface area contributed by atoms with Gasteiger partial charge in [0.2, 0.25) is 5.91 Å². The summed E-state index contributed by atoms with van der Waals surface area (Å²) in [6.45, 7) is 1.84. The zero-order valence-electron chi connectivity index (χ0n) is 10.1. The van der Waals surface area contributed by atoms with Crippen LogP contribution in [0.4, 0.5) is 14.5 Å². The molecule has 98 valence electrons. The largest absolute Gasteiger partial charge is 0.380 e. The molecule has 18 heavy (non-hydrogen) atoms. The van der Waals surface area contributed by atoms with Gasteiger partial charge in [-0.1, -0.05) is 6.07 Å². The SMILES string of the molecule is O=C(CCNc1c(F)cccc1F)N1CCCC1. The van der Waals surface area contributed by atoms with Gasteiger partial charge in [-0.25, -0.2) is 8.78 Å². The predicted octanol–water partition coefficient (Wildman–Crippen LogP) is 2.39. The summed E-state index contributed by atoms with van der Waals surface area (Å²) in [4.78, 5) is 13.5. The zero-order chi connectivity index (χ0) is 13.0. The van der Waals surface area contributed by atoms with Crippen LogP contribution in [-0.2, 0) is 4.79 Å². The Labute approximate surface area is 105 Å². The number of nitrogens with one attached hydrogen (secondary N) is 1. The highest BCUT2D eigenvalue weighted by atomic mass is 19.1. The fraction of sp³-hybridized carbons (Fsp3) is 0.462. The van der Waals surface area contributed by atoms with E-state index in [-0.39, 0.29) is 24.6 Å². The van der Waals surface area contributed by atoms with Gasteiger partial charge in [-0.05, 0) is 25.0 Å². The van der Waals surface area contributed by atoms with Crippen molar-refractivity contribution in [3.63, 3.8) is 0 Å². The summed E-state index contributed by atoms with van der Waals surface area (Å²) >= 11 is 0. The summed E-state index contributed by atoms with van der Waals surface area (Å²) in [5.74, 6) is -1.23.